The van der Waals surface area contributed by atoms with Crippen molar-refractivity contribution in [1.29, 1.82) is 0 Å². The smallest absolute Gasteiger partial charge is 0.303 e. The predicted octanol–water partition coefficient (Wildman–Crippen LogP) is 2.66. The molecule has 1 amide bonds. The molecule has 0 spiro atoms. The van der Waals surface area contributed by atoms with Crippen LogP contribution in [-0.2, 0) is 16.0 Å². The molecule has 0 heterocycles. The Morgan fingerprint density at radius 3 is 2.48 bits per heavy atom. The second-order valence-electron chi connectivity index (χ2n) is 4.80. The molecule has 1 aromatic carbocycles. The minimum Gasteiger partial charge on any atom is -0.481 e. The van der Waals surface area contributed by atoms with Crippen LogP contribution in [0.5, 0.6) is 0 Å². The number of carboxylic acids is 1. The van der Waals surface area contributed by atoms with Gasteiger partial charge in [-0.05, 0) is 43.4 Å². The van der Waals surface area contributed by atoms with Gasteiger partial charge in [0.2, 0.25) is 5.91 Å². The number of halogens is 2. The average Bonchev–Trinajstić information content (AvgIpc) is 2.42. The Bertz CT molecular complexity index is 492. The molecule has 116 valence electrons. The Kier molecular flexibility index (Phi) is 7.36. The average molecular weight is 299 g/mol. The van der Waals surface area contributed by atoms with Gasteiger partial charge < -0.3 is 10.4 Å². The van der Waals surface area contributed by atoms with E-state index in [2.05, 4.69) is 5.32 Å². The highest BCUT2D eigenvalue weighted by atomic mass is 19.2. The van der Waals surface area contributed by atoms with Gasteiger partial charge in [-0.25, -0.2) is 8.78 Å². The van der Waals surface area contributed by atoms with Crippen LogP contribution in [0.25, 0.3) is 0 Å². The van der Waals surface area contributed by atoms with Crippen LogP contribution in [-0.4, -0.2) is 23.5 Å². The fourth-order valence-corrected chi connectivity index (χ4v) is 1.87. The first-order valence-corrected chi connectivity index (χ1v) is 6.91. The van der Waals surface area contributed by atoms with Gasteiger partial charge in [-0.1, -0.05) is 6.07 Å². The molecule has 6 heteroatoms. The van der Waals surface area contributed by atoms with Crippen molar-refractivity contribution in [3.8, 4) is 0 Å². The topological polar surface area (TPSA) is 66.4 Å². The molecule has 0 saturated carbocycles. The molecule has 0 aliphatic rings. The van der Waals surface area contributed by atoms with Crippen molar-refractivity contribution in [3.05, 3.63) is 35.4 Å². The van der Waals surface area contributed by atoms with Crippen molar-refractivity contribution in [2.75, 3.05) is 6.54 Å². The largest absolute Gasteiger partial charge is 0.481 e. The number of unbranched alkanes of at least 4 members (excludes halogenated alkanes) is 1. The minimum absolute atomic E-state index is 0.103. The van der Waals surface area contributed by atoms with Crippen molar-refractivity contribution in [1.82, 2.24) is 5.32 Å². The maximum atomic E-state index is 13.0. The molecule has 0 radical (unpaired) electrons. The highest BCUT2D eigenvalue weighted by Gasteiger charge is 2.05. The lowest BCUT2D eigenvalue weighted by Crippen LogP contribution is -2.24. The van der Waals surface area contributed by atoms with Gasteiger partial charge in [0, 0.05) is 19.4 Å². The van der Waals surface area contributed by atoms with Gasteiger partial charge in [-0.3, -0.25) is 9.59 Å². The zero-order chi connectivity index (χ0) is 15.7. The molecule has 0 aliphatic carbocycles. The van der Waals surface area contributed by atoms with Gasteiger partial charge in [-0.15, -0.1) is 0 Å². The number of aryl methyl sites for hydroxylation is 1. The van der Waals surface area contributed by atoms with Gasteiger partial charge in [-0.2, -0.15) is 0 Å². The van der Waals surface area contributed by atoms with E-state index in [0.29, 0.717) is 44.2 Å². The van der Waals surface area contributed by atoms with Gasteiger partial charge in [0.1, 0.15) is 0 Å². The lowest BCUT2D eigenvalue weighted by atomic mass is 10.1. The van der Waals surface area contributed by atoms with Gasteiger partial charge in [0.25, 0.3) is 0 Å². The molecule has 4 nitrogen and oxygen atoms in total. The van der Waals surface area contributed by atoms with E-state index >= 15 is 0 Å². The lowest BCUT2D eigenvalue weighted by molar-refractivity contribution is -0.137. The number of carboxylic acid groups (broad SMARTS) is 1. The van der Waals surface area contributed by atoms with E-state index in [1.807, 2.05) is 0 Å². The van der Waals surface area contributed by atoms with Crippen LogP contribution in [0.3, 0.4) is 0 Å². The highest BCUT2D eigenvalue weighted by Crippen LogP contribution is 2.11. The number of carbonyl (C=O) groups excluding carboxylic acids is 1. The number of hydrogen-bond donors (Lipinski definition) is 2. The Balaban J connectivity index is 2.13. The Morgan fingerprint density at radius 2 is 1.81 bits per heavy atom. The summed E-state index contributed by atoms with van der Waals surface area (Å²) in [6.07, 6.45) is 2.62. The molecule has 0 fully saturated rings. The normalized spacial score (nSPS) is 10.4. The van der Waals surface area contributed by atoms with Crippen LogP contribution >= 0.6 is 0 Å². The molecule has 0 aromatic heterocycles. The van der Waals surface area contributed by atoms with Crippen molar-refractivity contribution >= 4 is 11.9 Å². The van der Waals surface area contributed by atoms with Crippen LogP contribution in [0.4, 0.5) is 8.78 Å². The third-order valence-electron chi connectivity index (χ3n) is 2.99. The van der Waals surface area contributed by atoms with Crippen LogP contribution < -0.4 is 5.32 Å². The van der Waals surface area contributed by atoms with Crippen LogP contribution in [0.1, 0.15) is 37.7 Å². The molecule has 1 rings (SSSR count). The summed E-state index contributed by atoms with van der Waals surface area (Å²) in [6.45, 7) is 0.456. The molecule has 1 aromatic rings. The summed E-state index contributed by atoms with van der Waals surface area (Å²) in [7, 11) is 0. The van der Waals surface area contributed by atoms with Gasteiger partial charge in [0.15, 0.2) is 11.6 Å². The summed E-state index contributed by atoms with van der Waals surface area (Å²) in [4.78, 5) is 21.8. The van der Waals surface area contributed by atoms with E-state index in [9.17, 15) is 18.4 Å². The number of amides is 1. The number of rotatable bonds is 9. The quantitative estimate of drug-likeness (QED) is 0.689. The standard InChI is InChI=1S/C15H19F2NO3/c16-12-8-7-11(10-13(12)17)4-3-5-14(19)18-9-2-1-6-15(20)21/h7-8,10H,1-6,9H2,(H,18,19)(H,20,21). The second-order valence-corrected chi connectivity index (χ2v) is 4.80. The number of carbonyl (C=O) groups is 2. The Labute approximate surface area is 122 Å². The molecule has 0 unspecified atom stereocenters. The molecule has 21 heavy (non-hydrogen) atoms. The first-order valence-electron chi connectivity index (χ1n) is 6.91. The van der Waals surface area contributed by atoms with Gasteiger partial charge in [0.05, 0.1) is 0 Å². The molecule has 2 N–H and O–H groups in total. The Hall–Kier alpha value is -1.98. The summed E-state index contributed by atoms with van der Waals surface area (Å²) < 4.78 is 25.7. The molecule has 0 atom stereocenters. The SMILES string of the molecule is O=C(O)CCCCNC(=O)CCCc1ccc(F)c(F)c1. The Morgan fingerprint density at radius 1 is 1.05 bits per heavy atom. The van der Waals surface area contributed by atoms with E-state index < -0.39 is 17.6 Å². The van der Waals surface area contributed by atoms with Crippen molar-refractivity contribution < 1.29 is 23.5 Å². The zero-order valence-corrected chi connectivity index (χ0v) is 11.7. The maximum absolute atomic E-state index is 13.0. The number of aliphatic carboxylic acids is 1. The molecule has 0 saturated heterocycles. The van der Waals surface area contributed by atoms with E-state index in [1.54, 1.807) is 0 Å². The number of benzene rings is 1. The van der Waals surface area contributed by atoms with E-state index in [1.165, 1.54) is 6.07 Å². The lowest BCUT2D eigenvalue weighted by Gasteiger charge is -2.05. The molecular weight excluding hydrogens is 280 g/mol. The number of hydrogen-bond acceptors (Lipinski definition) is 2. The van der Waals surface area contributed by atoms with E-state index in [-0.39, 0.29) is 12.3 Å². The third kappa shape index (κ3) is 7.39. The third-order valence-corrected chi connectivity index (χ3v) is 2.99. The second kappa shape index (κ2) is 9.05. The fraction of sp³-hybridized carbons (Fsp3) is 0.467. The zero-order valence-electron chi connectivity index (χ0n) is 11.7. The van der Waals surface area contributed by atoms with Crippen LogP contribution in [0, 0.1) is 11.6 Å². The summed E-state index contributed by atoms with van der Waals surface area (Å²) >= 11 is 0. The fourth-order valence-electron chi connectivity index (χ4n) is 1.87. The van der Waals surface area contributed by atoms with E-state index in [0.717, 1.165) is 12.1 Å². The van der Waals surface area contributed by atoms with Crippen LogP contribution in [0.15, 0.2) is 18.2 Å². The summed E-state index contributed by atoms with van der Waals surface area (Å²) in [6, 6.07) is 3.72. The van der Waals surface area contributed by atoms with Crippen molar-refractivity contribution in [2.45, 2.75) is 38.5 Å². The number of nitrogens with one attached hydrogen (secondary N) is 1. The van der Waals surface area contributed by atoms with Crippen LogP contribution in [0.2, 0.25) is 0 Å². The summed E-state index contributed by atoms with van der Waals surface area (Å²) in [5.41, 5.74) is 0.656. The van der Waals surface area contributed by atoms with Crippen molar-refractivity contribution in [2.24, 2.45) is 0 Å². The summed E-state index contributed by atoms with van der Waals surface area (Å²) in [5.74, 6) is -2.71. The predicted molar refractivity (Wildman–Crippen MR) is 73.8 cm³/mol. The van der Waals surface area contributed by atoms with Gasteiger partial charge >= 0.3 is 5.97 Å². The first kappa shape index (κ1) is 17.1. The molecule has 0 bridgehead atoms. The molecule has 0 aliphatic heterocycles. The maximum Gasteiger partial charge on any atom is 0.303 e. The van der Waals surface area contributed by atoms with Crippen molar-refractivity contribution in [3.63, 3.8) is 0 Å². The summed E-state index contributed by atoms with van der Waals surface area (Å²) in [5, 5.41) is 11.1. The molecular formula is C15H19F2NO3. The minimum atomic E-state index is -0.879. The first-order chi connectivity index (χ1) is 9.99. The van der Waals surface area contributed by atoms with E-state index in [4.69, 9.17) is 5.11 Å². The highest BCUT2D eigenvalue weighted by molar-refractivity contribution is 5.75. The monoisotopic (exact) mass is 299 g/mol.